The van der Waals surface area contributed by atoms with Gasteiger partial charge in [-0.3, -0.25) is 0 Å². The van der Waals surface area contributed by atoms with Crippen LogP contribution in [-0.2, 0) is 12.3 Å². The van der Waals surface area contributed by atoms with E-state index < -0.39 is 54.2 Å². The molecular weight excluding hydrogens is 421 g/mol. The van der Waals surface area contributed by atoms with E-state index in [2.05, 4.69) is 89.3 Å². The van der Waals surface area contributed by atoms with Gasteiger partial charge in [0.2, 0.25) is 0 Å². The van der Waals surface area contributed by atoms with Crippen LogP contribution in [0.2, 0.25) is 58.9 Å². The fraction of sp³-hybridized carbons (Fsp3) is 0.529. The average Bonchev–Trinajstić information content (AvgIpc) is 2.47. The van der Waals surface area contributed by atoms with Crippen molar-refractivity contribution in [2.45, 2.75) is 58.9 Å². The molecule has 0 amide bonds. The van der Waals surface area contributed by atoms with Crippen LogP contribution in [-0.4, -0.2) is 54.2 Å². The second-order valence-corrected chi connectivity index (χ2v) is 30.1. The van der Waals surface area contributed by atoms with Crippen molar-refractivity contribution in [2.75, 3.05) is 0 Å². The fourth-order valence-electron chi connectivity index (χ4n) is 2.14. The van der Waals surface area contributed by atoms with Gasteiger partial charge in [0, 0.05) is 0 Å². The Labute approximate surface area is 171 Å². The summed E-state index contributed by atoms with van der Waals surface area (Å²) in [5.41, 5.74) is 1.34. The summed E-state index contributed by atoms with van der Waals surface area (Å²) in [5, 5.41) is 1.49. The van der Waals surface area contributed by atoms with Gasteiger partial charge in [-0.05, 0) is 69.7 Å². The Morgan fingerprint density at radius 2 is 1.00 bits per heavy atom. The largest absolute Gasteiger partial charge is 0.457 e. The van der Waals surface area contributed by atoms with Gasteiger partial charge in [-0.25, -0.2) is 0 Å². The highest BCUT2D eigenvalue weighted by molar-refractivity contribution is 6.85. The van der Waals surface area contributed by atoms with Gasteiger partial charge in [-0.1, -0.05) is 35.2 Å². The Morgan fingerprint density at radius 3 is 1.38 bits per heavy atom. The highest BCUT2D eigenvalue weighted by atomic mass is 28.4. The van der Waals surface area contributed by atoms with Crippen LogP contribution in [0.25, 0.3) is 5.20 Å². The zero-order valence-electron chi connectivity index (χ0n) is 18.2. The van der Waals surface area contributed by atoms with Gasteiger partial charge >= 0.3 is 0 Å². The summed E-state index contributed by atoms with van der Waals surface area (Å²) in [6.45, 7) is 20.6. The SMILES string of the molecule is C[Si](C)(C)O[SiH2]C([SiH2]O[Si](C)(C)C)=C([SiH2]O[Si](C)(C)C)c1ccccc1. The van der Waals surface area contributed by atoms with Crippen LogP contribution >= 0.6 is 0 Å². The lowest BCUT2D eigenvalue weighted by Gasteiger charge is -2.26. The predicted octanol–water partition coefficient (Wildman–Crippen LogP) is 3.12. The van der Waals surface area contributed by atoms with Crippen LogP contribution in [0.3, 0.4) is 0 Å². The van der Waals surface area contributed by atoms with Crippen molar-refractivity contribution in [2.24, 2.45) is 0 Å². The molecule has 1 rings (SSSR count). The van der Waals surface area contributed by atoms with Crippen molar-refractivity contribution >= 4 is 59.4 Å². The second-order valence-electron chi connectivity index (χ2n) is 9.65. The third-order valence-corrected chi connectivity index (χ3v) is 20.7. The molecule has 0 aromatic heterocycles. The topological polar surface area (TPSA) is 27.7 Å². The maximum absolute atomic E-state index is 6.47. The molecule has 0 heterocycles. The first kappa shape index (κ1) is 24.2. The molecule has 148 valence electrons. The zero-order chi connectivity index (χ0) is 20.0. The van der Waals surface area contributed by atoms with Crippen LogP contribution in [0.1, 0.15) is 5.56 Å². The van der Waals surface area contributed by atoms with Gasteiger partial charge in [-0.2, -0.15) is 0 Å². The van der Waals surface area contributed by atoms with E-state index in [0.717, 1.165) is 0 Å². The first-order valence-corrected chi connectivity index (χ1v) is 23.5. The van der Waals surface area contributed by atoms with Gasteiger partial charge in [0.25, 0.3) is 0 Å². The Hall–Kier alpha value is 0.141. The van der Waals surface area contributed by atoms with E-state index in [9.17, 15) is 0 Å². The highest BCUT2D eigenvalue weighted by Crippen LogP contribution is 2.21. The van der Waals surface area contributed by atoms with Crippen molar-refractivity contribution in [1.82, 2.24) is 0 Å². The van der Waals surface area contributed by atoms with E-state index in [1.54, 1.807) is 4.82 Å². The van der Waals surface area contributed by atoms with Crippen LogP contribution in [0, 0.1) is 0 Å². The highest BCUT2D eigenvalue weighted by Gasteiger charge is 2.23. The molecule has 0 fully saturated rings. The molecule has 0 aliphatic carbocycles. The van der Waals surface area contributed by atoms with Crippen LogP contribution in [0.5, 0.6) is 0 Å². The molecule has 3 nitrogen and oxygen atoms in total. The molecule has 0 spiro atoms. The number of rotatable bonds is 10. The Morgan fingerprint density at radius 1 is 0.615 bits per heavy atom. The third-order valence-electron chi connectivity index (χ3n) is 3.56. The van der Waals surface area contributed by atoms with E-state index in [0.29, 0.717) is 0 Å². The molecule has 1 aromatic rings. The minimum absolute atomic E-state index is 0.733. The van der Waals surface area contributed by atoms with E-state index >= 15 is 0 Å². The number of hydrogen-bond donors (Lipinski definition) is 0. The second kappa shape index (κ2) is 10.1. The smallest absolute Gasteiger partial charge is 0.178 e. The molecule has 0 unspecified atom stereocenters. The summed E-state index contributed by atoms with van der Waals surface area (Å²) in [6.07, 6.45) is 0. The molecule has 0 aliphatic heterocycles. The molecule has 0 atom stereocenters. The normalized spacial score (nSPS) is 14.3. The molecule has 0 saturated heterocycles. The molecule has 26 heavy (non-hydrogen) atoms. The standard InChI is InChI=1S/C17H38O3Si6/c1-24(2,3)18-21-16(15-13-11-10-12-14-15)17(22-19-25(4,5)6)23-20-26(7,8)9/h10-14H,21-23H2,1-9H3. The molecular formula is C17H38O3Si6. The molecule has 0 saturated carbocycles. The van der Waals surface area contributed by atoms with Crippen molar-refractivity contribution in [3.8, 4) is 0 Å². The Balaban J connectivity index is 3.23. The summed E-state index contributed by atoms with van der Waals surface area (Å²) in [6, 6.07) is 10.8. The van der Waals surface area contributed by atoms with Crippen LogP contribution in [0.15, 0.2) is 35.2 Å². The van der Waals surface area contributed by atoms with Gasteiger partial charge in [0.15, 0.2) is 54.2 Å². The van der Waals surface area contributed by atoms with E-state index in [1.807, 2.05) is 0 Å². The van der Waals surface area contributed by atoms with E-state index in [1.165, 1.54) is 10.8 Å². The van der Waals surface area contributed by atoms with Crippen molar-refractivity contribution < 1.29 is 12.3 Å². The third kappa shape index (κ3) is 11.1. The Kier molecular flexibility index (Phi) is 9.37. The monoisotopic (exact) mass is 458 g/mol. The summed E-state index contributed by atoms with van der Waals surface area (Å²) >= 11 is 0. The minimum Gasteiger partial charge on any atom is -0.457 e. The maximum atomic E-state index is 6.47. The summed E-state index contributed by atoms with van der Waals surface area (Å²) in [7, 11) is -6.79. The molecule has 0 N–H and O–H groups in total. The first-order chi connectivity index (χ1) is 11.8. The molecule has 1 aromatic carbocycles. The van der Waals surface area contributed by atoms with Crippen LogP contribution in [0.4, 0.5) is 0 Å². The van der Waals surface area contributed by atoms with Gasteiger partial charge in [0.1, 0.15) is 0 Å². The Bertz CT molecular complexity index is 565. The summed E-state index contributed by atoms with van der Waals surface area (Å²) < 4.78 is 19.4. The lowest BCUT2D eigenvalue weighted by atomic mass is 10.2. The van der Waals surface area contributed by atoms with E-state index in [4.69, 9.17) is 12.3 Å². The quantitative estimate of drug-likeness (QED) is 0.504. The summed E-state index contributed by atoms with van der Waals surface area (Å²) in [4.78, 5) is 1.56. The fourth-order valence-corrected chi connectivity index (χ4v) is 14.1. The van der Waals surface area contributed by atoms with E-state index in [-0.39, 0.29) is 0 Å². The maximum Gasteiger partial charge on any atom is 0.178 e. The lowest BCUT2D eigenvalue weighted by molar-refractivity contribution is 0.592. The van der Waals surface area contributed by atoms with Crippen molar-refractivity contribution in [3.05, 3.63) is 40.7 Å². The predicted molar refractivity (Wildman–Crippen MR) is 132 cm³/mol. The van der Waals surface area contributed by atoms with Crippen molar-refractivity contribution in [3.63, 3.8) is 0 Å². The van der Waals surface area contributed by atoms with Gasteiger partial charge < -0.3 is 12.3 Å². The molecule has 0 radical (unpaired) electrons. The van der Waals surface area contributed by atoms with Gasteiger partial charge in [-0.15, -0.1) is 0 Å². The number of benzene rings is 1. The van der Waals surface area contributed by atoms with Crippen LogP contribution < -0.4 is 0 Å². The van der Waals surface area contributed by atoms with Crippen molar-refractivity contribution in [1.29, 1.82) is 0 Å². The molecule has 9 heteroatoms. The first-order valence-electron chi connectivity index (χ1n) is 9.45. The van der Waals surface area contributed by atoms with Gasteiger partial charge in [0.05, 0.1) is 0 Å². The zero-order valence-corrected chi connectivity index (χ0v) is 25.5. The number of hydrogen-bond acceptors (Lipinski definition) is 3. The molecule has 0 bridgehead atoms. The lowest BCUT2D eigenvalue weighted by Crippen LogP contribution is -2.35. The molecule has 0 aliphatic rings. The minimum atomic E-state index is -1.52. The average molecular weight is 459 g/mol. The summed E-state index contributed by atoms with van der Waals surface area (Å²) in [5.74, 6) is 0.